The molecule has 1 aliphatic heterocycles. The SMILES string of the molecule is CN=C(NCC1(c2ccccc2)CCC1)N1CCC(C(=O)OC)CC1. The lowest BCUT2D eigenvalue weighted by Gasteiger charge is -2.44. The number of carbonyl (C=O) groups excluding carboxylic acids is 1. The molecule has 0 aromatic heterocycles. The van der Waals surface area contributed by atoms with Gasteiger partial charge in [-0.05, 0) is 31.2 Å². The molecule has 1 aromatic carbocycles. The Bertz CT molecular complexity index is 603. The molecule has 2 fully saturated rings. The summed E-state index contributed by atoms with van der Waals surface area (Å²) >= 11 is 0. The summed E-state index contributed by atoms with van der Waals surface area (Å²) in [5.41, 5.74) is 1.66. The van der Waals surface area contributed by atoms with Crippen molar-refractivity contribution < 1.29 is 9.53 Å². The predicted octanol–water partition coefficient (Wildman–Crippen LogP) is 2.57. The van der Waals surface area contributed by atoms with Gasteiger partial charge in [0.1, 0.15) is 0 Å². The van der Waals surface area contributed by atoms with E-state index in [1.165, 1.54) is 31.9 Å². The third kappa shape index (κ3) is 3.80. The van der Waals surface area contributed by atoms with Crippen molar-refractivity contribution in [2.24, 2.45) is 10.9 Å². The van der Waals surface area contributed by atoms with Crippen LogP contribution in [0.15, 0.2) is 35.3 Å². The molecule has 0 atom stereocenters. The fourth-order valence-corrected chi connectivity index (χ4v) is 4.04. The molecule has 0 unspecified atom stereocenters. The van der Waals surface area contributed by atoms with Crippen LogP contribution in [0.3, 0.4) is 0 Å². The van der Waals surface area contributed by atoms with Gasteiger partial charge in [0, 0.05) is 32.1 Å². The smallest absolute Gasteiger partial charge is 0.308 e. The Morgan fingerprint density at radius 2 is 1.96 bits per heavy atom. The van der Waals surface area contributed by atoms with Crippen molar-refractivity contribution in [1.82, 2.24) is 10.2 Å². The van der Waals surface area contributed by atoms with Crippen LogP contribution in [0, 0.1) is 5.92 Å². The lowest BCUT2D eigenvalue weighted by Crippen LogP contribution is -2.52. The van der Waals surface area contributed by atoms with E-state index in [0.29, 0.717) is 0 Å². The number of carbonyl (C=O) groups is 1. The third-order valence-electron chi connectivity index (χ3n) is 5.82. The second-order valence-electron chi connectivity index (χ2n) is 7.19. The summed E-state index contributed by atoms with van der Waals surface area (Å²) in [4.78, 5) is 18.4. The number of hydrogen-bond donors (Lipinski definition) is 1. The van der Waals surface area contributed by atoms with Crippen molar-refractivity contribution in [3.8, 4) is 0 Å². The molecule has 0 amide bonds. The largest absolute Gasteiger partial charge is 0.469 e. The average molecular weight is 343 g/mol. The van der Waals surface area contributed by atoms with E-state index in [-0.39, 0.29) is 17.3 Å². The molecule has 1 heterocycles. The topological polar surface area (TPSA) is 53.9 Å². The van der Waals surface area contributed by atoms with Gasteiger partial charge >= 0.3 is 5.97 Å². The molecule has 1 aliphatic carbocycles. The van der Waals surface area contributed by atoms with E-state index in [1.807, 2.05) is 7.05 Å². The maximum atomic E-state index is 11.7. The van der Waals surface area contributed by atoms with E-state index >= 15 is 0 Å². The predicted molar refractivity (Wildman–Crippen MR) is 99.6 cm³/mol. The Morgan fingerprint density at radius 3 is 2.48 bits per heavy atom. The number of guanidine groups is 1. The molecular formula is C20H29N3O2. The summed E-state index contributed by atoms with van der Waals surface area (Å²) in [5, 5.41) is 3.60. The molecule has 2 aliphatic rings. The fraction of sp³-hybridized carbons (Fsp3) is 0.600. The number of methoxy groups -OCH3 is 1. The first-order valence-corrected chi connectivity index (χ1v) is 9.27. The summed E-state index contributed by atoms with van der Waals surface area (Å²) in [6, 6.07) is 10.8. The molecule has 5 nitrogen and oxygen atoms in total. The van der Waals surface area contributed by atoms with Crippen LogP contribution in [0.1, 0.15) is 37.7 Å². The van der Waals surface area contributed by atoms with E-state index in [2.05, 4.69) is 45.5 Å². The molecule has 25 heavy (non-hydrogen) atoms. The highest BCUT2D eigenvalue weighted by Crippen LogP contribution is 2.43. The minimum atomic E-state index is -0.0832. The summed E-state index contributed by atoms with van der Waals surface area (Å²) in [5.74, 6) is 0.896. The van der Waals surface area contributed by atoms with Crippen LogP contribution < -0.4 is 5.32 Å². The summed E-state index contributed by atoms with van der Waals surface area (Å²) in [6.45, 7) is 2.61. The number of rotatable bonds is 4. The van der Waals surface area contributed by atoms with Gasteiger partial charge in [-0.15, -0.1) is 0 Å². The van der Waals surface area contributed by atoms with Gasteiger partial charge < -0.3 is 15.0 Å². The molecule has 1 saturated heterocycles. The number of nitrogens with zero attached hydrogens (tertiary/aromatic N) is 2. The standard InChI is InChI=1S/C20H29N3O2/c1-21-19(23-13-9-16(10-14-23)18(24)25-2)22-15-20(11-6-12-20)17-7-4-3-5-8-17/h3-5,7-8,16H,6,9-15H2,1-2H3,(H,21,22). The number of hydrogen-bond acceptors (Lipinski definition) is 3. The van der Waals surface area contributed by atoms with Crippen LogP contribution in [0.2, 0.25) is 0 Å². The monoisotopic (exact) mass is 343 g/mol. The molecule has 1 aromatic rings. The van der Waals surface area contributed by atoms with Crippen molar-refractivity contribution in [1.29, 1.82) is 0 Å². The van der Waals surface area contributed by atoms with Gasteiger partial charge in [-0.3, -0.25) is 9.79 Å². The van der Waals surface area contributed by atoms with Crippen LogP contribution in [-0.2, 0) is 14.9 Å². The molecule has 0 radical (unpaired) electrons. The maximum Gasteiger partial charge on any atom is 0.308 e. The third-order valence-corrected chi connectivity index (χ3v) is 5.82. The molecule has 0 spiro atoms. The van der Waals surface area contributed by atoms with Crippen LogP contribution in [0.4, 0.5) is 0 Å². The lowest BCUT2D eigenvalue weighted by molar-refractivity contribution is -0.146. The molecule has 1 N–H and O–H groups in total. The summed E-state index contributed by atoms with van der Waals surface area (Å²) in [6.07, 6.45) is 5.41. The van der Waals surface area contributed by atoms with Gasteiger partial charge in [0.15, 0.2) is 5.96 Å². The Labute approximate surface area is 150 Å². The molecular weight excluding hydrogens is 314 g/mol. The number of ether oxygens (including phenoxy) is 1. The van der Waals surface area contributed by atoms with Crippen LogP contribution in [0.25, 0.3) is 0 Å². The van der Waals surface area contributed by atoms with E-state index in [9.17, 15) is 4.79 Å². The van der Waals surface area contributed by atoms with E-state index in [0.717, 1.165) is 38.4 Å². The highest BCUT2D eigenvalue weighted by molar-refractivity contribution is 5.80. The molecule has 3 rings (SSSR count). The second kappa shape index (κ2) is 7.89. The zero-order chi connectivity index (χ0) is 17.7. The number of esters is 1. The highest BCUT2D eigenvalue weighted by atomic mass is 16.5. The Balaban J connectivity index is 1.57. The van der Waals surface area contributed by atoms with Crippen LogP contribution in [-0.4, -0.2) is 50.6 Å². The normalized spacial score (nSPS) is 20.7. The first-order chi connectivity index (χ1) is 12.2. The molecule has 5 heteroatoms. The molecule has 1 saturated carbocycles. The van der Waals surface area contributed by atoms with Gasteiger partial charge in [0.2, 0.25) is 0 Å². The van der Waals surface area contributed by atoms with Crippen molar-refractivity contribution in [2.45, 2.75) is 37.5 Å². The highest BCUT2D eigenvalue weighted by Gasteiger charge is 2.39. The zero-order valence-electron chi connectivity index (χ0n) is 15.3. The van der Waals surface area contributed by atoms with E-state index in [4.69, 9.17) is 4.74 Å². The van der Waals surface area contributed by atoms with Gasteiger partial charge in [0.25, 0.3) is 0 Å². The number of aliphatic imine (C=N–C) groups is 1. The minimum Gasteiger partial charge on any atom is -0.469 e. The average Bonchev–Trinajstić information content (AvgIpc) is 2.64. The molecule has 0 bridgehead atoms. The van der Waals surface area contributed by atoms with Gasteiger partial charge in [0.05, 0.1) is 13.0 Å². The van der Waals surface area contributed by atoms with Crippen molar-refractivity contribution in [3.63, 3.8) is 0 Å². The maximum absolute atomic E-state index is 11.7. The van der Waals surface area contributed by atoms with E-state index < -0.39 is 0 Å². The Morgan fingerprint density at radius 1 is 1.28 bits per heavy atom. The number of nitrogens with one attached hydrogen (secondary N) is 1. The summed E-state index contributed by atoms with van der Waals surface area (Å²) < 4.78 is 4.87. The number of likely N-dealkylation sites (tertiary alicyclic amines) is 1. The quantitative estimate of drug-likeness (QED) is 0.519. The minimum absolute atomic E-state index is 0.0293. The van der Waals surface area contributed by atoms with Gasteiger partial charge in [-0.1, -0.05) is 36.8 Å². The number of piperidine rings is 1. The van der Waals surface area contributed by atoms with Gasteiger partial charge in [-0.2, -0.15) is 0 Å². The van der Waals surface area contributed by atoms with Crippen LogP contribution in [0.5, 0.6) is 0 Å². The van der Waals surface area contributed by atoms with Crippen molar-refractivity contribution in [2.75, 3.05) is 33.8 Å². The van der Waals surface area contributed by atoms with Crippen LogP contribution >= 0.6 is 0 Å². The molecule has 136 valence electrons. The van der Waals surface area contributed by atoms with Gasteiger partial charge in [-0.25, -0.2) is 0 Å². The fourth-order valence-electron chi connectivity index (χ4n) is 4.04. The van der Waals surface area contributed by atoms with Crippen molar-refractivity contribution >= 4 is 11.9 Å². The Hall–Kier alpha value is -2.04. The zero-order valence-corrected chi connectivity index (χ0v) is 15.3. The second-order valence-corrected chi connectivity index (χ2v) is 7.19. The first kappa shape index (κ1) is 17.8. The van der Waals surface area contributed by atoms with Crippen molar-refractivity contribution in [3.05, 3.63) is 35.9 Å². The van der Waals surface area contributed by atoms with E-state index in [1.54, 1.807) is 0 Å². The lowest BCUT2D eigenvalue weighted by atomic mass is 9.64. The summed E-state index contributed by atoms with van der Waals surface area (Å²) in [7, 11) is 3.31. The number of benzene rings is 1. The first-order valence-electron chi connectivity index (χ1n) is 9.27. The Kier molecular flexibility index (Phi) is 5.61.